The summed E-state index contributed by atoms with van der Waals surface area (Å²) in [5.74, 6) is 0.116. The molecule has 2 aromatic carbocycles. The number of hydrogen-bond donors (Lipinski definition) is 1. The number of hydrogen-bond acceptors (Lipinski definition) is 2. The maximum Gasteiger partial charge on any atom is 0.178 e. The molecule has 15 heavy (non-hydrogen) atoms. The van der Waals surface area contributed by atoms with Gasteiger partial charge in [0.25, 0.3) is 0 Å². The Kier molecular flexibility index (Phi) is 1.67. The van der Waals surface area contributed by atoms with Crippen molar-refractivity contribution in [3.05, 3.63) is 41.4 Å². The lowest BCUT2D eigenvalue weighted by atomic mass is 10.1. The first kappa shape index (κ1) is 8.62. The third kappa shape index (κ3) is 1.12. The Morgan fingerprint density at radius 2 is 1.87 bits per heavy atom. The maximum atomic E-state index is 9.64. The minimum absolute atomic E-state index is 0.116. The van der Waals surface area contributed by atoms with Gasteiger partial charge in [0.1, 0.15) is 5.58 Å². The summed E-state index contributed by atoms with van der Waals surface area (Å²) in [6.45, 7) is 0. The van der Waals surface area contributed by atoms with Gasteiger partial charge in [-0.05, 0) is 18.2 Å². The highest BCUT2D eigenvalue weighted by molar-refractivity contribution is 6.38. The molecule has 0 aliphatic carbocycles. The van der Waals surface area contributed by atoms with Crippen LogP contribution in [-0.2, 0) is 0 Å². The largest absolute Gasteiger partial charge is 0.504 e. The van der Waals surface area contributed by atoms with Crippen molar-refractivity contribution in [3.63, 3.8) is 0 Å². The molecule has 0 radical (unpaired) electrons. The van der Waals surface area contributed by atoms with E-state index in [-0.39, 0.29) is 5.75 Å². The molecule has 0 aliphatic rings. The van der Waals surface area contributed by atoms with Gasteiger partial charge in [0.15, 0.2) is 11.3 Å². The topological polar surface area (TPSA) is 33.4 Å². The van der Waals surface area contributed by atoms with Gasteiger partial charge in [0.05, 0.1) is 10.4 Å². The van der Waals surface area contributed by atoms with E-state index in [0.717, 1.165) is 16.4 Å². The fraction of sp³-hybridized carbons (Fsp3) is 0. The number of furan rings is 1. The zero-order valence-electron chi connectivity index (χ0n) is 7.70. The number of rotatable bonds is 0. The van der Waals surface area contributed by atoms with E-state index < -0.39 is 0 Å². The van der Waals surface area contributed by atoms with Crippen LogP contribution in [0.4, 0.5) is 0 Å². The number of phenolic OH excluding ortho intramolecular Hbond substituents is 1. The van der Waals surface area contributed by atoms with Crippen molar-refractivity contribution in [2.24, 2.45) is 0 Å². The summed E-state index contributed by atoms with van der Waals surface area (Å²) in [6.07, 6.45) is 0. The van der Waals surface area contributed by atoms with E-state index >= 15 is 0 Å². The summed E-state index contributed by atoms with van der Waals surface area (Å²) in [6, 6.07) is 10.8. The van der Waals surface area contributed by atoms with Crippen LogP contribution in [0.3, 0.4) is 0 Å². The van der Waals surface area contributed by atoms with Crippen molar-refractivity contribution in [3.8, 4) is 5.75 Å². The molecule has 3 aromatic rings. The molecular weight excluding hydrogens is 212 g/mol. The lowest BCUT2D eigenvalue weighted by molar-refractivity contribution is 0.469. The van der Waals surface area contributed by atoms with Crippen molar-refractivity contribution in [2.45, 2.75) is 0 Å². The normalized spacial score (nSPS) is 11.3. The van der Waals surface area contributed by atoms with Gasteiger partial charge in [0, 0.05) is 5.39 Å². The van der Waals surface area contributed by atoms with Gasteiger partial charge >= 0.3 is 0 Å². The molecule has 2 nitrogen and oxygen atoms in total. The fourth-order valence-corrected chi connectivity index (χ4v) is 2.02. The average Bonchev–Trinajstić information content (AvgIpc) is 2.64. The number of phenols is 1. The molecule has 0 aliphatic heterocycles. The van der Waals surface area contributed by atoms with Gasteiger partial charge in [-0.3, -0.25) is 0 Å². The number of benzene rings is 2. The Morgan fingerprint density at radius 1 is 1.07 bits per heavy atom. The third-order valence-corrected chi connectivity index (χ3v) is 2.77. The van der Waals surface area contributed by atoms with Crippen LogP contribution < -0.4 is 0 Å². The van der Waals surface area contributed by atoms with E-state index in [2.05, 4.69) is 0 Å². The van der Waals surface area contributed by atoms with Crippen LogP contribution >= 0.6 is 11.6 Å². The molecular formula is C12H7ClO2. The van der Waals surface area contributed by atoms with E-state index in [1.165, 1.54) is 6.07 Å². The fourth-order valence-electron chi connectivity index (χ4n) is 1.77. The van der Waals surface area contributed by atoms with Crippen LogP contribution in [0.1, 0.15) is 0 Å². The third-order valence-electron chi connectivity index (χ3n) is 2.45. The predicted molar refractivity (Wildman–Crippen MR) is 60.4 cm³/mol. The molecule has 74 valence electrons. The summed E-state index contributed by atoms with van der Waals surface area (Å²) < 4.78 is 5.53. The van der Waals surface area contributed by atoms with Crippen LogP contribution in [0.25, 0.3) is 21.9 Å². The van der Waals surface area contributed by atoms with Crippen LogP contribution in [-0.4, -0.2) is 5.11 Å². The van der Waals surface area contributed by atoms with Crippen molar-refractivity contribution in [1.82, 2.24) is 0 Å². The van der Waals surface area contributed by atoms with Gasteiger partial charge in [-0.2, -0.15) is 0 Å². The highest BCUT2D eigenvalue weighted by Crippen LogP contribution is 2.38. The molecule has 3 heteroatoms. The Morgan fingerprint density at radius 3 is 2.73 bits per heavy atom. The molecule has 1 heterocycles. The second kappa shape index (κ2) is 2.91. The molecule has 1 aromatic heterocycles. The lowest BCUT2D eigenvalue weighted by Gasteiger charge is -1.95. The molecule has 0 amide bonds. The molecule has 3 rings (SSSR count). The Balaban J connectivity index is 2.66. The van der Waals surface area contributed by atoms with E-state index in [4.69, 9.17) is 16.0 Å². The highest BCUT2D eigenvalue weighted by Gasteiger charge is 2.12. The summed E-state index contributed by atoms with van der Waals surface area (Å²) >= 11 is 6.08. The molecule has 0 saturated heterocycles. The standard InChI is InChI=1S/C12H7ClO2/c13-8-5-6-9(14)12-11(8)7-3-1-2-4-10(7)15-12/h1-6,14H. The molecule has 1 N–H and O–H groups in total. The molecule has 0 unspecified atom stereocenters. The van der Waals surface area contributed by atoms with Crippen molar-refractivity contribution in [1.29, 1.82) is 0 Å². The zero-order chi connectivity index (χ0) is 10.4. The molecule has 0 atom stereocenters. The first-order chi connectivity index (χ1) is 7.27. The Bertz CT molecular complexity index is 655. The number of aromatic hydroxyl groups is 1. The van der Waals surface area contributed by atoms with Crippen LogP contribution in [0.5, 0.6) is 5.75 Å². The van der Waals surface area contributed by atoms with E-state index in [0.29, 0.717) is 10.6 Å². The second-order valence-corrected chi connectivity index (χ2v) is 3.78. The molecule has 0 bridgehead atoms. The Labute approximate surface area is 90.7 Å². The summed E-state index contributed by atoms with van der Waals surface area (Å²) in [7, 11) is 0. The number of halogens is 1. The minimum Gasteiger partial charge on any atom is -0.504 e. The van der Waals surface area contributed by atoms with Crippen LogP contribution in [0.15, 0.2) is 40.8 Å². The van der Waals surface area contributed by atoms with Gasteiger partial charge < -0.3 is 9.52 Å². The maximum absolute atomic E-state index is 9.64. The monoisotopic (exact) mass is 218 g/mol. The van der Waals surface area contributed by atoms with Crippen molar-refractivity contribution in [2.75, 3.05) is 0 Å². The van der Waals surface area contributed by atoms with E-state index in [9.17, 15) is 5.11 Å². The molecule has 0 spiro atoms. The zero-order valence-corrected chi connectivity index (χ0v) is 8.45. The van der Waals surface area contributed by atoms with E-state index in [1.807, 2.05) is 24.3 Å². The van der Waals surface area contributed by atoms with Crippen LogP contribution in [0.2, 0.25) is 5.02 Å². The van der Waals surface area contributed by atoms with Crippen LogP contribution in [0, 0.1) is 0 Å². The summed E-state index contributed by atoms with van der Waals surface area (Å²) in [5.41, 5.74) is 1.18. The van der Waals surface area contributed by atoms with Gasteiger partial charge in [-0.1, -0.05) is 29.8 Å². The highest BCUT2D eigenvalue weighted by atomic mass is 35.5. The minimum atomic E-state index is 0.116. The summed E-state index contributed by atoms with van der Waals surface area (Å²) in [4.78, 5) is 0. The quantitative estimate of drug-likeness (QED) is 0.620. The van der Waals surface area contributed by atoms with Gasteiger partial charge in [-0.15, -0.1) is 0 Å². The molecule has 0 fully saturated rings. The average molecular weight is 219 g/mol. The van der Waals surface area contributed by atoms with Gasteiger partial charge in [0.2, 0.25) is 0 Å². The lowest BCUT2D eigenvalue weighted by Crippen LogP contribution is -1.70. The summed E-state index contributed by atoms with van der Waals surface area (Å²) in [5, 5.41) is 11.9. The second-order valence-electron chi connectivity index (χ2n) is 3.37. The van der Waals surface area contributed by atoms with E-state index in [1.54, 1.807) is 6.07 Å². The SMILES string of the molecule is Oc1ccc(Cl)c2c1oc1ccccc12. The number of fused-ring (bicyclic) bond motifs is 3. The Hall–Kier alpha value is -1.67. The first-order valence-corrected chi connectivity index (χ1v) is 4.94. The number of para-hydroxylation sites is 1. The molecule has 0 saturated carbocycles. The van der Waals surface area contributed by atoms with Crippen molar-refractivity contribution < 1.29 is 9.52 Å². The van der Waals surface area contributed by atoms with Gasteiger partial charge in [-0.25, -0.2) is 0 Å². The van der Waals surface area contributed by atoms with Crippen molar-refractivity contribution >= 4 is 33.5 Å². The first-order valence-electron chi connectivity index (χ1n) is 4.56. The smallest absolute Gasteiger partial charge is 0.178 e. The predicted octanol–water partition coefficient (Wildman–Crippen LogP) is 3.95.